The van der Waals surface area contributed by atoms with Gasteiger partial charge >= 0.3 is 35.9 Å². The molecule has 37 heavy (non-hydrogen) atoms. The van der Waals surface area contributed by atoms with Gasteiger partial charge in [0, 0.05) is 6.42 Å². The molecule has 0 bridgehead atoms. The van der Waals surface area contributed by atoms with Crippen molar-refractivity contribution in [3.63, 3.8) is 0 Å². The molecular weight excluding hydrogens is 523 g/mol. The molecule has 0 aliphatic heterocycles. The Bertz CT molecular complexity index is 775. The molecule has 0 radical (unpaired) electrons. The van der Waals surface area contributed by atoms with Crippen molar-refractivity contribution in [1.82, 2.24) is 5.32 Å². The molecule has 8 nitrogen and oxygen atoms in total. The Hall–Kier alpha value is -2.61. The summed E-state index contributed by atoms with van der Waals surface area (Å²) in [4.78, 5) is 49.4. The molecule has 0 aromatic heterocycles. The Kier molecular flexibility index (Phi) is 12.8. The third-order valence-corrected chi connectivity index (χ3v) is 4.34. The molecule has 0 saturated heterocycles. The fraction of sp³-hybridized carbons (Fsp3) is 0.818. The smallest absolute Gasteiger partial charge is 0.460 e. The number of amides is 1. The molecule has 1 N–H and O–H groups in total. The van der Waals surface area contributed by atoms with Crippen LogP contribution in [-0.4, -0.2) is 67.7 Å². The summed E-state index contributed by atoms with van der Waals surface area (Å²) in [6.07, 6.45) is -7.99. The number of hydrogen-bond donors (Lipinski definition) is 1. The van der Waals surface area contributed by atoms with Gasteiger partial charge in [0.1, 0.15) is 6.04 Å². The fourth-order valence-electron chi connectivity index (χ4n) is 2.36. The lowest BCUT2D eigenvalue weighted by atomic mass is 9.98. The van der Waals surface area contributed by atoms with Gasteiger partial charge < -0.3 is 19.5 Å². The number of nitrogens with one attached hydrogen (secondary N) is 1. The third-order valence-electron chi connectivity index (χ3n) is 4.34. The summed E-state index contributed by atoms with van der Waals surface area (Å²) in [7, 11) is 0. The van der Waals surface area contributed by atoms with E-state index in [0.29, 0.717) is 0 Å². The molecule has 1 amide bonds. The topological polar surface area (TPSA) is 108 Å². The summed E-state index contributed by atoms with van der Waals surface area (Å²) in [5.74, 6) is -23.3. The highest BCUT2D eigenvalue weighted by Crippen LogP contribution is 2.46. The minimum Gasteiger partial charge on any atom is -0.465 e. The molecule has 216 valence electrons. The van der Waals surface area contributed by atoms with E-state index >= 15 is 0 Å². The minimum atomic E-state index is -6.81. The molecular formula is C22H32F7NO7. The first kappa shape index (κ1) is 34.4. The average molecular weight is 555 g/mol. The number of carbonyl (C=O) groups excluding carboxylic acids is 4. The van der Waals surface area contributed by atoms with Gasteiger partial charge in [-0.1, -0.05) is 41.5 Å². The Morgan fingerprint density at radius 3 is 1.32 bits per heavy atom. The summed E-state index contributed by atoms with van der Waals surface area (Å²) < 4.78 is 107. The summed E-state index contributed by atoms with van der Waals surface area (Å²) >= 11 is 0. The third kappa shape index (κ3) is 10.3. The molecule has 0 aromatic carbocycles. The summed E-state index contributed by atoms with van der Waals surface area (Å²) in [5, 5.41) is 1.07. The van der Waals surface area contributed by atoms with Crippen LogP contribution in [0.25, 0.3) is 0 Å². The van der Waals surface area contributed by atoms with Crippen LogP contribution in [0.2, 0.25) is 0 Å². The van der Waals surface area contributed by atoms with Crippen molar-refractivity contribution in [1.29, 1.82) is 0 Å². The van der Waals surface area contributed by atoms with Crippen LogP contribution in [0.4, 0.5) is 30.7 Å². The second-order valence-electron chi connectivity index (χ2n) is 9.53. The highest BCUT2D eigenvalue weighted by Gasteiger charge is 2.76. The van der Waals surface area contributed by atoms with Gasteiger partial charge in [-0.3, -0.25) is 14.4 Å². The Morgan fingerprint density at radius 1 is 0.649 bits per heavy atom. The van der Waals surface area contributed by atoms with Crippen LogP contribution in [0.3, 0.4) is 0 Å². The van der Waals surface area contributed by atoms with E-state index in [1.165, 1.54) is 0 Å². The number of alkyl halides is 7. The van der Waals surface area contributed by atoms with E-state index in [4.69, 9.17) is 14.2 Å². The molecule has 1 atom stereocenters. The summed E-state index contributed by atoms with van der Waals surface area (Å²) in [5.41, 5.74) is 0. The largest absolute Gasteiger partial charge is 0.465 e. The average Bonchev–Trinajstić information content (AvgIpc) is 2.75. The van der Waals surface area contributed by atoms with Crippen LogP contribution in [0.1, 0.15) is 48.0 Å². The zero-order valence-electron chi connectivity index (χ0n) is 21.2. The van der Waals surface area contributed by atoms with E-state index in [-0.39, 0.29) is 37.6 Å². The van der Waals surface area contributed by atoms with Gasteiger partial charge in [0.05, 0.1) is 19.8 Å². The Balaban J connectivity index is 6.19. The number of halogens is 7. The maximum atomic E-state index is 13.9. The van der Waals surface area contributed by atoms with E-state index in [0.717, 1.165) is 5.32 Å². The van der Waals surface area contributed by atoms with Crippen molar-refractivity contribution in [2.75, 3.05) is 19.8 Å². The molecule has 0 saturated carbocycles. The predicted octanol–water partition coefficient (Wildman–Crippen LogP) is 3.91. The van der Waals surface area contributed by atoms with Crippen molar-refractivity contribution >= 4 is 23.8 Å². The zero-order chi connectivity index (χ0) is 29.4. The molecule has 0 rings (SSSR count). The van der Waals surface area contributed by atoms with Gasteiger partial charge in [0.15, 0.2) is 5.92 Å². The van der Waals surface area contributed by atoms with Gasteiger partial charge in [-0.15, -0.1) is 0 Å². The standard InChI is InChI=1S/C22H32F7NO7/c1-11(2)8-35-16(31)14(17(32)36-9-12(3)4)7-15(18(33)37-10-13(5)6)30-19(34)20(23,24)21(25,26)22(27,28)29/h11-15H,7-10H2,1-6H3,(H,30,34). The number of hydrogen-bond acceptors (Lipinski definition) is 7. The fourth-order valence-corrected chi connectivity index (χ4v) is 2.36. The van der Waals surface area contributed by atoms with Gasteiger partial charge in [0.25, 0.3) is 5.91 Å². The quantitative estimate of drug-likeness (QED) is 0.150. The molecule has 0 aliphatic rings. The first-order valence-electron chi connectivity index (χ1n) is 11.3. The lowest BCUT2D eigenvalue weighted by Gasteiger charge is -2.29. The van der Waals surface area contributed by atoms with Crippen molar-refractivity contribution in [2.45, 2.75) is 72.0 Å². The SMILES string of the molecule is CC(C)COC(=O)C(CC(C(=O)OCC(C)C)C(=O)OCC(C)C)NC(=O)C(F)(F)C(F)(F)C(F)(F)F. The molecule has 15 heteroatoms. The molecule has 0 aromatic rings. The van der Waals surface area contributed by atoms with E-state index in [1.807, 2.05) is 0 Å². The molecule has 1 unspecified atom stereocenters. The molecule has 0 aliphatic carbocycles. The van der Waals surface area contributed by atoms with Gasteiger partial charge in [0.2, 0.25) is 0 Å². The van der Waals surface area contributed by atoms with Crippen LogP contribution in [0, 0.1) is 23.7 Å². The minimum absolute atomic E-state index is 0.225. The maximum absolute atomic E-state index is 13.9. The summed E-state index contributed by atoms with van der Waals surface area (Å²) in [6, 6.07) is -2.41. The second kappa shape index (κ2) is 13.8. The monoisotopic (exact) mass is 555 g/mol. The number of rotatable bonds is 14. The molecule has 0 fully saturated rings. The maximum Gasteiger partial charge on any atom is 0.460 e. The first-order valence-corrected chi connectivity index (χ1v) is 11.3. The second-order valence-corrected chi connectivity index (χ2v) is 9.53. The lowest BCUT2D eigenvalue weighted by Crippen LogP contribution is -2.61. The Morgan fingerprint density at radius 2 is 1.00 bits per heavy atom. The van der Waals surface area contributed by atoms with E-state index in [2.05, 4.69) is 0 Å². The summed E-state index contributed by atoms with van der Waals surface area (Å²) in [6.45, 7) is 8.81. The predicted molar refractivity (Wildman–Crippen MR) is 113 cm³/mol. The van der Waals surface area contributed by atoms with Crippen molar-refractivity contribution in [2.24, 2.45) is 23.7 Å². The van der Waals surface area contributed by atoms with Gasteiger partial charge in [-0.05, 0) is 17.8 Å². The number of esters is 3. The van der Waals surface area contributed by atoms with Crippen LogP contribution in [0.5, 0.6) is 0 Å². The van der Waals surface area contributed by atoms with Gasteiger partial charge in [-0.2, -0.15) is 30.7 Å². The van der Waals surface area contributed by atoms with Crippen LogP contribution in [-0.2, 0) is 33.4 Å². The molecule has 0 spiro atoms. The normalized spacial score (nSPS) is 13.6. The molecule has 0 heterocycles. The first-order chi connectivity index (χ1) is 16.6. The van der Waals surface area contributed by atoms with Crippen molar-refractivity contribution < 1.29 is 64.1 Å². The van der Waals surface area contributed by atoms with Crippen molar-refractivity contribution in [3.8, 4) is 0 Å². The zero-order valence-corrected chi connectivity index (χ0v) is 21.2. The lowest BCUT2D eigenvalue weighted by molar-refractivity contribution is -0.344. The highest BCUT2D eigenvalue weighted by atomic mass is 19.4. The van der Waals surface area contributed by atoms with E-state index in [9.17, 15) is 49.9 Å². The number of ether oxygens (including phenoxy) is 3. The van der Waals surface area contributed by atoms with E-state index in [1.54, 1.807) is 41.5 Å². The number of carbonyl (C=O) groups is 4. The van der Waals surface area contributed by atoms with Crippen molar-refractivity contribution in [3.05, 3.63) is 0 Å². The Labute approximate surface area is 209 Å². The van der Waals surface area contributed by atoms with Crippen LogP contribution < -0.4 is 5.32 Å². The van der Waals surface area contributed by atoms with Crippen LogP contribution in [0.15, 0.2) is 0 Å². The van der Waals surface area contributed by atoms with Gasteiger partial charge in [-0.25, -0.2) is 4.79 Å². The van der Waals surface area contributed by atoms with E-state index < -0.39 is 60.2 Å². The van der Waals surface area contributed by atoms with Crippen LogP contribution >= 0.6 is 0 Å². The highest BCUT2D eigenvalue weighted by molar-refractivity contribution is 5.96.